The predicted molar refractivity (Wildman–Crippen MR) is 97.3 cm³/mol. The molecule has 0 N–H and O–H groups in total. The van der Waals surface area contributed by atoms with E-state index in [2.05, 4.69) is 11.0 Å². The smallest absolute Gasteiger partial charge is 0.260 e. The number of aromatic nitrogens is 1. The van der Waals surface area contributed by atoms with E-state index in [-0.39, 0.29) is 5.56 Å². The van der Waals surface area contributed by atoms with Gasteiger partial charge in [-0.25, -0.2) is 0 Å². The van der Waals surface area contributed by atoms with Crippen LogP contribution in [0.1, 0.15) is 5.56 Å². The first kappa shape index (κ1) is 15.0. The number of hydrogen-bond acceptors (Lipinski definition) is 3. The Bertz CT molecular complexity index is 926. The van der Waals surface area contributed by atoms with Gasteiger partial charge in [-0.1, -0.05) is 36.4 Å². The molecule has 24 heavy (non-hydrogen) atoms. The third-order valence-corrected chi connectivity index (χ3v) is 4.62. The van der Waals surface area contributed by atoms with E-state index in [1.165, 1.54) is 0 Å². The van der Waals surface area contributed by atoms with Crippen molar-refractivity contribution in [2.75, 3.05) is 31.2 Å². The number of rotatable bonds is 2. The van der Waals surface area contributed by atoms with Crippen molar-refractivity contribution >= 4 is 16.6 Å². The molecule has 0 saturated carbocycles. The van der Waals surface area contributed by atoms with Gasteiger partial charge in [-0.15, -0.1) is 0 Å². The van der Waals surface area contributed by atoms with Gasteiger partial charge in [-0.2, -0.15) is 0 Å². The molecule has 0 amide bonds. The van der Waals surface area contributed by atoms with Crippen LogP contribution in [0.4, 0.5) is 5.69 Å². The minimum atomic E-state index is 0.0430. The van der Waals surface area contributed by atoms with Crippen LogP contribution in [-0.4, -0.2) is 30.9 Å². The van der Waals surface area contributed by atoms with Crippen LogP contribution in [0.2, 0.25) is 0 Å². The van der Waals surface area contributed by atoms with Crippen LogP contribution in [-0.2, 0) is 4.74 Å². The highest BCUT2D eigenvalue weighted by molar-refractivity contribution is 5.94. The molecule has 0 atom stereocenters. The maximum Gasteiger partial charge on any atom is 0.260 e. The fraction of sp³-hybridized carbons (Fsp3) is 0.250. The minimum Gasteiger partial charge on any atom is -0.378 e. The lowest BCUT2D eigenvalue weighted by Gasteiger charge is -2.31. The highest BCUT2D eigenvalue weighted by Crippen LogP contribution is 2.30. The fourth-order valence-electron chi connectivity index (χ4n) is 3.48. The number of anilines is 1. The zero-order valence-electron chi connectivity index (χ0n) is 13.7. The normalized spacial score (nSPS) is 15.0. The van der Waals surface area contributed by atoms with Crippen molar-refractivity contribution in [3.05, 3.63) is 70.5 Å². The van der Waals surface area contributed by atoms with Gasteiger partial charge < -0.3 is 9.64 Å². The van der Waals surface area contributed by atoms with Crippen molar-refractivity contribution in [2.45, 2.75) is 6.92 Å². The molecule has 0 aliphatic carbocycles. The highest BCUT2D eigenvalue weighted by atomic mass is 16.5. The first-order valence-electron chi connectivity index (χ1n) is 8.30. The predicted octanol–water partition coefficient (Wildman–Crippen LogP) is 3.14. The van der Waals surface area contributed by atoms with Gasteiger partial charge in [0, 0.05) is 29.7 Å². The molecule has 1 aliphatic heterocycles. The SMILES string of the molecule is Cc1c(N2CCOCC2)c2ccccc2n(-c2ccccc2)c1=O. The first-order chi connectivity index (χ1) is 11.8. The molecule has 1 aromatic heterocycles. The van der Waals surface area contributed by atoms with E-state index in [0.717, 1.165) is 40.9 Å². The van der Waals surface area contributed by atoms with Gasteiger partial charge in [-0.05, 0) is 25.1 Å². The summed E-state index contributed by atoms with van der Waals surface area (Å²) in [4.78, 5) is 15.4. The van der Waals surface area contributed by atoms with Crippen LogP contribution >= 0.6 is 0 Å². The Morgan fingerprint density at radius 2 is 1.58 bits per heavy atom. The van der Waals surface area contributed by atoms with E-state index in [4.69, 9.17) is 4.74 Å². The number of fused-ring (bicyclic) bond motifs is 1. The Labute approximate surface area is 140 Å². The molecule has 1 aliphatic rings. The number of para-hydroxylation sites is 2. The first-order valence-corrected chi connectivity index (χ1v) is 8.30. The van der Waals surface area contributed by atoms with Gasteiger partial charge in [-0.3, -0.25) is 9.36 Å². The maximum atomic E-state index is 13.2. The van der Waals surface area contributed by atoms with Crippen molar-refractivity contribution in [1.29, 1.82) is 0 Å². The molecule has 1 saturated heterocycles. The largest absolute Gasteiger partial charge is 0.378 e. The second-order valence-corrected chi connectivity index (χ2v) is 6.07. The highest BCUT2D eigenvalue weighted by Gasteiger charge is 2.20. The topological polar surface area (TPSA) is 34.5 Å². The van der Waals surface area contributed by atoms with Gasteiger partial charge in [0.1, 0.15) is 0 Å². The summed E-state index contributed by atoms with van der Waals surface area (Å²) in [6.45, 7) is 4.98. The van der Waals surface area contributed by atoms with Crippen LogP contribution in [0.5, 0.6) is 0 Å². The summed E-state index contributed by atoms with van der Waals surface area (Å²) in [5, 5.41) is 1.11. The Morgan fingerprint density at radius 3 is 2.33 bits per heavy atom. The average molecular weight is 320 g/mol. The summed E-state index contributed by atoms with van der Waals surface area (Å²) < 4.78 is 7.29. The van der Waals surface area contributed by atoms with E-state index in [1.807, 2.05) is 60.0 Å². The molecule has 0 unspecified atom stereocenters. The molecule has 4 rings (SSSR count). The molecule has 0 bridgehead atoms. The summed E-state index contributed by atoms with van der Waals surface area (Å²) >= 11 is 0. The molecular formula is C20H20N2O2. The molecule has 2 aromatic carbocycles. The molecular weight excluding hydrogens is 300 g/mol. The van der Waals surface area contributed by atoms with Crippen LogP contribution < -0.4 is 10.5 Å². The third kappa shape index (κ3) is 2.39. The van der Waals surface area contributed by atoms with E-state index in [1.54, 1.807) is 0 Å². The number of hydrogen-bond donors (Lipinski definition) is 0. The summed E-state index contributed by atoms with van der Waals surface area (Å²) in [5.41, 5.74) is 3.73. The van der Waals surface area contributed by atoms with E-state index in [9.17, 15) is 4.79 Å². The summed E-state index contributed by atoms with van der Waals surface area (Å²) in [6.07, 6.45) is 0. The summed E-state index contributed by atoms with van der Waals surface area (Å²) in [5.74, 6) is 0. The van der Waals surface area contributed by atoms with Crippen LogP contribution in [0.3, 0.4) is 0 Å². The Morgan fingerprint density at radius 1 is 0.917 bits per heavy atom. The van der Waals surface area contributed by atoms with Crippen LogP contribution in [0.15, 0.2) is 59.4 Å². The molecule has 3 aromatic rings. The molecule has 4 heteroatoms. The number of ether oxygens (including phenoxy) is 1. The van der Waals surface area contributed by atoms with Gasteiger partial charge >= 0.3 is 0 Å². The van der Waals surface area contributed by atoms with E-state index in [0.29, 0.717) is 13.2 Å². The number of morpholine rings is 1. The lowest BCUT2D eigenvalue weighted by atomic mass is 10.1. The Balaban J connectivity index is 2.04. The second-order valence-electron chi connectivity index (χ2n) is 6.07. The number of nitrogens with zero attached hydrogens (tertiary/aromatic N) is 2. The third-order valence-electron chi connectivity index (χ3n) is 4.62. The molecule has 1 fully saturated rings. The van der Waals surface area contributed by atoms with Gasteiger partial charge in [0.2, 0.25) is 0 Å². The zero-order valence-corrected chi connectivity index (χ0v) is 13.7. The molecule has 4 nitrogen and oxygen atoms in total. The molecule has 0 spiro atoms. The average Bonchev–Trinajstić information content (AvgIpc) is 2.64. The molecule has 122 valence electrons. The van der Waals surface area contributed by atoms with Crippen LogP contribution in [0, 0.1) is 6.92 Å². The number of benzene rings is 2. The van der Waals surface area contributed by atoms with Crippen molar-refractivity contribution in [1.82, 2.24) is 4.57 Å². The fourth-order valence-corrected chi connectivity index (χ4v) is 3.48. The van der Waals surface area contributed by atoms with Crippen molar-refractivity contribution in [2.24, 2.45) is 0 Å². The Kier molecular flexibility index (Phi) is 3.82. The van der Waals surface area contributed by atoms with Gasteiger partial charge in [0.25, 0.3) is 5.56 Å². The maximum absolute atomic E-state index is 13.2. The lowest BCUT2D eigenvalue weighted by Crippen LogP contribution is -2.38. The quantitative estimate of drug-likeness (QED) is 0.727. The molecule has 0 radical (unpaired) electrons. The molecule has 2 heterocycles. The number of pyridine rings is 1. The van der Waals surface area contributed by atoms with Crippen molar-refractivity contribution in [3.63, 3.8) is 0 Å². The van der Waals surface area contributed by atoms with E-state index >= 15 is 0 Å². The standard InChI is InChI=1S/C20H20N2O2/c1-15-19(21-11-13-24-14-12-21)17-9-5-6-10-18(17)22(20(15)23)16-7-3-2-4-8-16/h2-10H,11-14H2,1H3. The zero-order chi connectivity index (χ0) is 16.5. The Hall–Kier alpha value is -2.59. The lowest BCUT2D eigenvalue weighted by molar-refractivity contribution is 0.123. The minimum absolute atomic E-state index is 0.0430. The monoisotopic (exact) mass is 320 g/mol. The van der Waals surface area contributed by atoms with Gasteiger partial charge in [0.05, 0.1) is 24.4 Å². The second kappa shape index (κ2) is 6.13. The van der Waals surface area contributed by atoms with Crippen LogP contribution in [0.25, 0.3) is 16.6 Å². The van der Waals surface area contributed by atoms with Crippen molar-refractivity contribution in [3.8, 4) is 5.69 Å². The summed E-state index contributed by atoms with van der Waals surface area (Å²) in [7, 11) is 0. The van der Waals surface area contributed by atoms with E-state index < -0.39 is 0 Å². The van der Waals surface area contributed by atoms with Crippen molar-refractivity contribution < 1.29 is 4.74 Å². The summed E-state index contributed by atoms with van der Waals surface area (Å²) in [6, 6.07) is 18.0. The van der Waals surface area contributed by atoms with Gasteiger partial charge in [0.15, 0.2) is 0 Å².